The molecule has 1 unspecified atom stereocenters. The van der Waals surface area contributed by atoms with Crippen molar-refractivity contribution in [2.45, 2.75) is 25.5 Å². The maximum atomic E-state index is 12.2. The summed E-state index contributed by atoms with van der Waals surface area (Å²) < 4.78 is 5.53. The van der Waals surface area contributed by atoms with Gasteiger partial charge in [-0.1, -0.05) is 42.5 Å². The Labute approximate surface area is 149 Å². The van der Waals surface area contributed by atoms with Gasteiger partial charge in [-0.3, -0.25) is 0 Å². The molecule has 0 bridgehead atoms. The first-order chi connectivity index (χ1) is 12.2. The van der Waals surface area contributed by atoms with E-state index in [4.69, 9.17) is 4.74 Å². The summed E-state index contributed by atoms with van der Waals surface area (Å²) >= 11 is 0. The second-order valence-electron chi connectivity index (χ2n) is 6.33. The lowest BCUT2D eigenvalue weighted by atomic mass is 10.2. The van der Waals surface area contributed by atoms with Crippen LogP contribution in [0.1, 0.15) is 18.4 Å². The van der Waals surface area contributed by atoms with Gasteiger partial charge in [0.15, 0.2) is 0 Å². The lowest BCUT2D eigenvalue weighted by Gasteiger charge is -2.23. The van der Waals surface area contributed by atoms with Crippen LogP contribution in [0.25, 0.3) is 0 Å². The number of hydrogen-bond donors (Lipinski definition) is 2. The third-order valence-corrected chi connectivity index (χ3v) is 4.34. The molecule has 1 aliphatic heterocycles. The molecule has 1 fully saturated rings. The molecule has 132 valence electrons. The van der Waals surface area contributed by atoms with Gasteiger partial charge in [-0.2, -0.15) is 0 Å². The summed E-state index contributed by atoms with van der Waals surface area (Å²) in [6, 6.07) is 17.9. The molecule has 1 heterocycles. The Morgan fingerprint density at radius 3 is 2.68 bits per heavy atom. The first kappa shape index (κ1) is 17.3. The number of ether oxygens (including phenoxy) is 1. The van der Waals surface area contributed by atoms with Gasteiger partial charge >= 0.3 is 6.03 Å². The van der Waals surface area contributed by atoms with Crippen LogP contribution in [0.5, 0.6) is 0 Å². The standard InChI is InChI=1S/C20H25N3O2/c1-23(15-16-8-3-2-4-9-16)19-12-6-5-11-18(19)22-20(24)21-14-17-10-7-13-25-17/h2-6,8-9,11-12,17H,7,10,13-15H2,1H3,(H2,21,22,24). The summed E-state index contributed by atoms with van der Waals surface area (Å²) in [5.41, 5.74) is 3.01. The number of amides is 2. The van der Waals surface area contributed by atoms with E-state index in [1.165, 1.54) is 5.56 Å². The molecule has 3 rings (SSSR count). The van der Waals surface area contributed by atoms with E-state index in [2.05, 4.69) is 27.7 Å². The Morgan fingerprint density at radius 2 is 1.92 bits per heavy atom. The number of urea groups is 1. The smallest absolute Gasteiger partial charge is 0.319 e. The van der Waals surface area contributed by atoms with Crippen LogP contribution in [0, 0.1) is 0 Å². The largest absolute Gasteiger partial charge is 0.376 e. The van der Waals surface area contributed by atoms with Gasteiger partial charge in [0.2, 0.25) is 0 Å². The van der Waals surface area contributed by atoms with Crippen molar-refractivity contribution < 1.29 is 9.53 Å². The van der Waals surface area contributed by atoms with E-state index in [0.29, 0.717) is 6.54 Å². The molecular formula is C20H25N3O2. The molecule has 1 aliphatic rings. The number of nitrogens with one attached hydrogen (secondary N) is 2. The topological polar surface area (TPSA) is 53.6 Å². The van der Waals surface area contributed by atoms with Crippen LogP contribution in [0.3, 0.4) is 0 Å². The van der Waals surface area contributed by atoms with Crippen molar-refractivity contribution in [3.05, 3.63) is 60.2 Å². The van der Waals surface area contributed by atoms with Crippen LogP contribution in [-0.4, -0.2) is 32.3 Å². The summed E-state index contributed by atoms with van der Waals surface area (Å²) in [7, 11) is 2.03. The van der Waals surface area contributed by atoms with Gasteiger partial charge in [0.25, 0.3) is 0 Å². The van der Waals surface area contributed by atoms with Crippen molar-refractivity contribution in [2.24, 2.45) is 0 Å². The van der Waals surface area contributed by atoms with E-state index < -0.39 is 0 Å². The minimum Gasteiger partial charge on any atom is -0.376 e. The minimum absolute atomic E-state index is 0.141. The first-order valence-corrected chi connectivity index (χ1v) is 8.73. The zero-order valence-corrected chi connectivity index (χ0v) is 14.6. The average Bonchev–Trinajstić information content (AvgIpc) is 3.15. The molecule has 0 aromatic heterocycles. The SMILES string of the molecule is CN(Cc1ccccc1)c1ccccc1NC(=O)NCC1CCCO1. The highest BCUT2D eigenvalue weighted by atomic mass is 16.5. The van der Waals surface area contributed by atoms with Gasteiger partial charge in [0, 0.05) is 26.7 Å². The highest BCUT2D eigenvalue weighted by Gasteiger charge is 2.16. The lowest BCUT2D eigenvalue weighted by molar-refractivity contribution is 0.112. The van der Waals surface area contributed by atoms with Crippen LogP contribution >= 0.6 is 0 Å². The third-order valence-electron chi connectivity index (χ3n) is 4.34. The van der Waals surface area contributed by atoms with Crippen LogP contribution in [-0.2, 0) is 11.3 Å². The van der Waals surface area contributed by atoms with Gasteiger partial charge in [-0.15, -0.1) is 0 Å². The van der Waals surface area contributed by atoms with Crippen LogP contribution in [0.4, 0.5) is 16.2 Å². The number of carbonyl (C=O) groups is 1. The molecule has 1 atom stereocenters. The van der Waals surface area contributed by atoms with Gasteiger partial charge in [-0.25, -0.2) is 4.79 Å². The molecule has 2 aromatic carbocycles. The van der Waals surface area contributed by atoms with Gasteiger partial charge in [0.05, 0.1) is 17.5 Å². The summed E-state index contributed by atoms with van der Waals surface area (Å²) in [6.45, 7) is 2.12. The van der Waals surface area contributed by atoms with E-state index in [-0.39, 0.29) is 12.1 Å². The Hall–Kier alpha value is -2.53. The van der Waals surface area contributed by atoms with Crippen molar-refractivity contribution in [1.29, 1.82) is 0 Å². The second kappa shape index (κ2) is 8.53. The Morgan fingerprint density at radius 1 is 1.16 bits per heavy atom. The van der Waals surface area contributed by atoms with Crippen molar-refractivity contribution in [1.82, 2.24) is 5.32 Å². The molecule has 2 aromatic rings. The highest BCUT2D eigenvalue weighted by molar-refractivity contribution is 5.93. The summed E-state index contributed by atoms with van der Waals surface area (Å²) in [6.07, 6.45) is 2.22. The lowest BCUT2D eigenvalue weighted by Crippen LogP contribution is -2.35. The fourth-order valence-corrected chi connectivity index (χ4v) is 3.03. The van der Waals surface area contributed by atoms with E-state index in [9.17, 15) is 4.79 Å². The molecule has 0 spiro atoms. The van der Waals surface area contributed by atoms with Gasteiger partial charge in [0.1, 0.15) is 0 Å². The number of para-hydroxylation sites is 2. The zero-order chi connectivity index (χ0) is 17.5. The molecular weight excluding hydrogens is 314 g/mol. The van der Waals surface area contributed by atoms with Crippen LogP contribution < -0.4 is 15.5 Å². The zero-order valence-electron chi connectivity index (χ0n) is 14.6. The van der Waals surface area contributed by atoms with Crippen molar-refractivity contribution in [2.75, 3.05) is 30.4 Å². The molecule has 0 aliphatic carbocycles. The van der Waals surface area contributed by atoms with Crippen LogP contribution in [0.2, 0.25) is 0 Å². The van der Waals surface area contributed by atoms with Crippen molar-refractivity contribution >= 4 is 17.4 Å². The molecule has 1 saturated heterocycles. The number of anilines is 2. The second-order valence-corrected chi connectivity index (χ2v) is 6.33. The van der Waals surface area contributed by atoms with E-state index in [1.807, 2.05) is 49.5 Å². The van der Waals surface area contributed by atoms with E-state index in [0.717, 1.165) is 37.4 Å². The monoisotopic (exact) mass is 339 g/mol. The summed E-state index contributed by atoms with van der Waals surface area (Å²) in [4.78, 5) is 14.3. The quantitative estimate of drug-likeness (QED) is 0.845. The molecule has 5 nitrogen and oxygen atoms in total. The van der Waals surface area contributed by atoms with Crippen molar-refractivity contribution in [3.8, 4) is 0 Å². The Kier molecular flexibility index (Phi) is 5.90. The number of hydrogen-bond acceptors (Lipinski definition) is 3. The number of benzene rings is 2. The summed E-state index contributed by atoms with van der Waals surface area (Å²) in [5.74, 6) is 0. The molecule has 5 heteroatoms. The van der Waals surface area contributed by atoms with Crippen molar-refractivity contribution in [3.63, 3.8) is 0 Å². The first-order valence-electron chi connectivity index (χ1n) is 8.73. The fourth-order valence-electron chi connectivity index (χ4n) is 3.03. The van der Waals surface area contributed by atoms with E-state index >= 15 is 0 Å². The predicted octanol–water partition coefficient (Wildman–Crippen LogP) is 3.62. The Balaban J connectivity index is 1.60. The number of carbonyl (C=O) groups excluding carboxylic acids is 1. The third kappa shape index (κ3) is 4.97. The highest BCUT2D eigenvalue weighted by Crippen LogP contribution is 2.25. The average molecular weight is 339 g/mol. The molecule has 0 radical (unpaired) electrons. The maximum Gasteiger partial charge on any atom is 0.319 e. The van der Waals surface area contributed by atoms with Gasteiger partial charge in [-0.05, 0) is 30.5 Å². The maximum absolute atomic E-state index is 12.2. The normalized spacial score (nSPS) is 16.4. The minimum atomic E-state index is -0.198. The molecule has 2 N–H and O–H groups in total. The number of rotatable bonds is 6. The van der Waals surface area contributed by atoms with E-state index in [1.54, 1.807) is 0 Å². The van der Waals surface area contributed by atoms with Crippen LogP contribution in [0.15, 0.2) is 54.6 Å². The predicted molar refractivity (Wildman–Crippen MR) is 101 cm³/mol. The Bertz CT molecular complexity index is 684. The molecule has 2 amide bonds. The number of nitrogens with zero attached hydrogens (tertiary/aromatic N) is 1. The summed E-state index contributed by atoms with van der Waals surface area (Å²) in [5, 5.41) is 5.85. The molecule has 25 heavy (non-hydrogen) atoms. The van der Waals surface area contributed by atoms with Gasteiger partial charge < -0.3 is 20.3 Å². The molecule has 0 saturated carbocycles. The fraction of sp³-hybridized carbons (Fsp3) is 0.350.